The molecule has 0 heterocycles. The van der Waals surface area contributed by atoms with Gasteiger partial charge in [0.25, 0.3) is 0 Å². The molecule has 0 radical (unpaired) electrons. The highest BCUT2D eigenvalue weighted by atomic mass is 19.4. The molecule has 0 saturated heterocycles. The molecule has 106 valence electrons. The Morgan fingerprint density at radius 2 is 1.83 bits per heavy atom. The highest BCUT2D eigenvalue weighted by Gasteiger charge is 2.38. The largest absolute Gasteiger partial charge is 0.490 e. The van der Waals surface area contributed by atoms with Gasteiger partial charge in [0.05, 0.1) is 0 Å². The summed E-state index contributed by atoms with van der Waals surface area (Å²) < 4.78 is 31.7. The highest BCUT2D eigenvalue weighted by Crippen LogP contribution is 2.25. The number of carbonyl (C=O) groups excluding carboxylic acids is 1. The quantitative estimate of drug-likeness (QED) is 0.661. The van der Waals surface area contributed by atoms with Crippen LogP contribution in [0.25, 0.3) is 0 Å². The molecule has 0 bridgehead atoms. The Morgan fingerprint density at radius 1 is 1.33 bits per heavy atom. The fraction of sp³-hybridized carbons (Fsp3) is 0.800. The predicted octanol–water partition coefficient (Wildman–Crippen LogP) is 0.885. The van der Waals surface area contributed by atoms with Crippen LogP contribution in [0, 0.1) is 5.92 Å². The van der Waals surface area contributed by atoms with Crippen LogP contribution in [0.5, 0.6) is 0 Å². The summed E-state index contributed by atoms with van der Waals surface area (Å²) in [5, 5.41) is 9.99. The first-order valence-electron chi connectivity index (χ1n) is 5.57. The van der Waals surface area contributed by atoms with Crippen molar-refractivity contribution in [2.75, 3.05) is 13.1 Å². The van der Waals surface area contributed by atoms with Gasteiger partial charge in [0.15, 0.2) is 0 Å². The molecule has 4 N–H and O–H groups in total. The summed E-state index contributed by atoms with van der Waals surface area (Å²) in [5.74, 6) is -2.22. The topological polar surface area (TPSA) is 92.4 Å². The Labute approximate surface area is 103 Å². The molecule has 0 aromatic carbocycles. The molecule has 0 spiro atoms. The van der Waals surface area contributed by atoms with Crippen LogP contribution in [-0.2, 0) is 9.59 Å². The van der Waals surface area contributed by atoms with Crippen LogP contribution in [-0.4, -0.2) is 36.2 Å². The normalized spacial score (nSPS) is 15.1. The van der Waals surface area contributed by atoms with Gasteiger partial charge < -0.3 is 16.2 Å². The van der Waals surface area contributed by atoms with Crippen molar-refractivity contribution in [3.05, 3.63) is 0 Å². The van der Waals surface area contributed by atoms with Crippen molar-refractivity contribution >= 4 is 11.9 Å². The number of halogens is 3. The third-order valence-corrected chi connectivity index (χ3v) is 2.40. The summed E-state index contributed by atoms with van der Waals surface area (Å²) in [6.07, 6.45) is -0.823. The maximum absolute atomic E-state index is 11.1. The minimum absolute atomic E-state index is 0.227. The SMILES string of the molecule is NCCCNC(=O)C1CCC1.O=C(O)C(F)(F)F. The lowest BCUT2D eigenvalue weighted by Crippen LogP contribution is -2.35. The van der Waals surface area contributed by atoms with Gasteiger partial charge >= 0.3 is 12.1 Å². The highest BCUT2D eigenvalue weighted by molar-refractivity contribution is 5.79. The predicted molar refractivity (Wildman–Crippen MR) is 57.7 cm³/mol. The summed E-state index contributed by atoms with van der Waals surface area (Å²) in [4.78, 5) is 20.0. The molecule has 1 amide bonds. The molecule has 0 aromatic rings. The third kappa shape index (κ3) is 7.10. The van der Waals surface area contributed by atoms with E-state index in [0.29, 0.717) is 12.5 Å². The molecule has 1 fully saturated rings. The van der Waals surface area contributed by atoms with Gasteiger partial charge in [-0.1, -0.05) is 6.42 Å². The van der Waals surface area contributed by atoms with E-state index in [1.807, 2.05) is 0 Å². The average Bonchev–Trinajstić information content (AvgIpc) is 2.14. The fourth-order valence-corrected chi connectivity index (χ4v) is 1.13. The van der Waals surface area contributed by atoms with Crippen molar-refractivity contribution in [3.63, 3.8) is 0 Å². The standard InChI is InChI=1S/C8H16N2O.C2HF3O2/c9-5-2-6-10-8(11)7-3-1-4-7;3-2(4,5)1(6)7/h7H,1-6,9H2,(H,10,11);(H,6,7). The molecule has 1 aliphatic rings. The number of alkyl halides is 3. The number of carboxylic acids is 1. The van der Waals surface area contributed by atoms with Gasteiger partial charge in [-0.05, 0) is 25.8 Å². The minimum Gasteiger partial charge on any atom is -0.475 e. The van der Waals surface area contributed by atoms with E-state index in [1.165, 1.54) is 6.42 Å². The molecule has 1 rings (SSSR count). The lowest BCUT2D eigenvalue weighted by molar-refractivity contribution is -0.192. The number of carbonyl (C=O) groups is 2. The smallest absolute Gasteiger partial charge is 0.475 e. The Morgan fingerprint density at radius 3 is 2.11 bits per heavy atom. The van der Waals surface area contributed by atoms with Crippen molar-refractivity contribution in [1.29, 1.82) is 0 Å². The van der Waals surface area contributed by atoms with E-state index in [2.05, 4.69) is 5.32 Å². The monoisotopic (exact) mass is 270 g/mol. The number of nitrogens with two attached hydrogens (primary N) is 1. The van der Waals surface area contributed by atoms with Crippen LogP contribution in [0.2, 0.25) is 0 Å². The van der Waals surface area contributed by atoms with Gasteiger partial charge in [-0.15, -0.1) is 0 Å². The number of rotatable bonds is 4. The van der Waals surface area contributed by atoms with E-state index < -0.39 is 12.1 Å². The molecule has 0 atom stereocenters. The summed E-state index contributed by atoms with van der Waals surface area (Å²) in [7, 11) is 0. The van der Waals surface area contributed by atoms with Gasteiger partial charge in [-0.2, -0.15) is 13.2 Å². The van der Waals surface area contributed by atoms with E-state index in [4.69, 9.17) is 15.6 Å². The van der Waals surface area contributed by atoms with Crippen molar-refractivity contribution in [2.24, 2.45) is 11.7 Å². The number of hydrogen-bond acceptors (Lipinski definition) is 3. The van der Waals surface area contributed by atoms with E-state index in [-0.39, 0.29) is 5.91 Å². The first-order chi connectivity index (χ1) is 8.29. The summed E-state index contributed by atoms with van der Waals surface area (Å²) in [6.45, 7) is 1.40. The van der Waals surface area contributed by atoms with Gasteiger partial charge in [0, 0.05) is 12.5 Å². The Kier molecular flexibility index (Phi) is 7.33. The zero-order valence-corrected chi connectivity index (χ0v) is 9.79. The van der Waals surface area contributed by atoms with Crippen molar-refractivity contribution in [3.8, 4) is 0 Å². The molecule has 18 heavy (non-hydrogen) atoms. The van der Waals surface area contributed by atoms with E-state index >= 15 is 0 Å². The van der Waals surface area contributed by atoms with E-state index in [0.717, 1.165) is 25.8 Å². The first-order valence-corrected chi connectivity index (χ1v) is 5.57. The van der Waals surface area contributed by atoms with Gasteiger partial charge in [0.1, 0.15) is 0 Å². The van der Waals surface area contributed by atoms with Crippen LogP contribution in [0.1, 0.15) is 25.7 Å². The molecule has 0 unspecified atom stereocenters. The second kappa shape index (κ2) is 7.91. The van der Waals surface area contributed by atoms with Crippen LogP contribution in [0.15, 0.2) is 0 Å². The fourth-order valence-electron chi connectivity index (χ4n) is 1.13. The molecule has 8 heteroatoms. The number of hydrogen-bond donors (Lipinski definition) is 3. The Bertz CT molecular complexity index is 278. The number of nitrogens with one attached hydrogen (secondary N) is 1. The molecular formula is C10H17F3N2O3. The molecule has 0 aliphatic heterocycles. The molecule has 5 nitrogen and oxygen atoms in total. The number of aliphatic carboxylic acids is 1. The van der Waals surface area contributed by atoms with Crippen molar-refractivity contribution in [2.45, 2.75) is 31.9 Å². The van der Waals surface area contributed by atoms with Crippen LogP contribution in [0.4, 0.5) is 13.2 Å². The van der Waals surface area contributed by atoms with E-state index in [9.17, 15) is 18.0 Å². The van der Waals surface area contributed by atoms with Gasteiger partial charge in [-0.25, -0.2) is 4.79 Å². The number of carboxylic acid groups (broad SMARTS) is 1. The van der Waals surface area contributed by atoms with E-state index in [1.54, 1.807) is 0 Å². The second-order valence-corrected chi connectivity index (χ2v) is 3.86. The van der Waals surface area contributed by atoms with Crippen LogP contribution in [0.3, 0.4) is 0 Å². The van der Waals surface area contributed by atoms with Crippen LogP contribution < -0.4 is 11.1 Å². The van der Waals surface area contributed by atoms with Crippen molar-refractivity contribution < 1.29 is 27.9 Å². The summed E-state index contributed by atoms with van der Waals surface area (Å²) in [5.41, 5.74) is 5.29. The Balaban J connectivity index is 0.000000360. The number of amides is 1. The first kappa shape index (κ1) is 16.7. The second-order valence-electron chi connectivity index (χ2n) is 3.86. The molecule has 1 saturated carbocycles. The van der Waals surface area contributed by atoms with Gasteiger partial charge in [0.2, 0.25) is 5.91 Å². The average molecular weight is 270 g/mol. The third-order valence-electron chi connectivity index (χ3n) is 2.40. The summed E-state index contributed by atoms with van der Waals surface area (Å²) >= 11 is 0. The molecular weight excluding hydrogens is 253 g/mol. The summed E-state index contributed by atoms with van der Waals surface area (Å²) in [6, 6.07) is 0. The lowest BCUT2D eigenvalue weighted by Gasteiger charge is -2.23. The Hall–Kier alpha value is -1.31. The maximum Gasteiger partial charge on any atom is 0.490 e. The lowest BCUT2D eigenvalue weighted by atomic mass is 9.85. The zero-order valence-electron chi connectivity index (χ0n) is 9.79. The van der Waals surface area contributed by atoms with Crippen molar-refractivity contribution in [1.82, 2.24) is 5.32 Å². The van der Waals surface area contributed by atoms with Crippen LogP contribution >= 0.6 is 0 Å². The van der Waals surface area contributed by atoms with Gasteiger partial charge in [-0.3, -0.25) is 4.79 Å². The zero-order chi connectivity index (χ0) is 14.2. The molecule has 0 aromatic heterocycles. The molecule has 1 aliphatic carbocycles. The maximum atomic E-state index is 11.1. The minimum atomic E-state index is -5.08.